The lowest BCUT2D eigenvalue weighted by Crippen LogP contribution is -2.38. The Morgan fingerprint density at radius 3 is 2.19 bits per heavy atom. The van der Waals surface area contributed by atoms with Crippen LogP contribution < -0.4 is 0 Å². The summed E-state index contributed by atoms with van der Waals surface area (Å²) >= 11 is 0. The third-order valence-corrected chi connectivity index (χ3v) is 4.55. The predicted octanol–water partition coefficient (Wildman–Crippen LogP) is 3.32. The van der Waals surface area contributed by atoms with Crippen molar-refractivity contribution < 1.29 is 9.90 Å². The van der Waals surface area contributed by atoms with E-state index in [9.17, 15) is 9.90 Å². The Kier molecular flexibility index (Phi) is 3.54. The van der Waals surface area contributed by atoms with Gasteiger partial charge in [-0.25, -0.2) is 0 Å². The van der Waals surface area contributed by atoms with E-state index >= 15 is 0 Å². The van der Waals surface area contributed by atoms with E-state index in [0.29, 0.717) is 18.6 Å². The quantitative estimate of drug-likeness (QED) is 0.798. The number of ketones is 1. The molecule has 94 valence electrons. The van der Waals surface area contributed by atoms with Gasteiger partial charge in [0.05, 0.1) is 5.60 Å². The van der Waals surface area contributed by atoms with Gasteiger partial charge in [-0.2, -0.15) is 0 Å². The van der Waals surface area contributed by atoms with Crippen molar-refractivity contribution in [3.05, 3.63) is 0 Å². The Morgan fingerprint density at radius 2 is 1.81 bits per heavy atom. The van der Waals surface area contributed by atoms with Crippen molar-refractivity contribution in [2.45, 2.75) is 72.3 Å². The van der Waals surface area contributed by atoms with Gasteiger partial charge in [0, 0.05) is 11.8 Å². The second kappa shape index (κ2) is 4.14. The number of hydrogen-bond acceptors (Lipinski definition) is 2. The molecule has 1 aliphatic rings. The summed E-state index contributed by atoms with van der Waals surface area (Å²) in [6.45, 7) is 10.0. The number of Topliss-reactive ketones (excluding diaryl/α,β-unsaturated/α-hetero) is 1. The Morgan fingerprint density at radius 1 is 1.25 bits per heavy atom. The Hall–Kier alpha value is -0.370. The van der Waals surface area contributed by atoms with Crippen LogP contribution in [0.2, 0.25) is 0 Å². The minimum absolute atomic E-state index is 0.115. The highest BCUT2D eigenvalue weighted by Gasteiger charge is 2.49. The lowest BCUT2D eigenvalue weighted by atomic mass is 9.65. The molecule has 0 spiro atoms. The summed E-state index contributed by atoms with van der Waals surface area (Å²) in [5, 5.41) is 9.67. The van der Waals surface area contributed by atoms with E-state index in [4.69, 9.17) is 0 Å². The van der Waals surface area contributed by atoms with Crippen molar-refractivity contribution in [2.75, 3.05) is 0 Å². The first-order chi connectivity index (χ1) is 7.08. The molecule has 1 saturated carbocycles. The van der Waals surface area contributed by atoms with Gasteiger partial charge in [-0.15, -0.1) is 0 Å². The number of hydrogen-bond donors (Lipinski definition) is 1. The molecule has 2 nitrogen and oxygen atoms in total. The minimum atomic E-state index is -0.727. The maximum absolute atomic E-state index is 12.3. The summed E-state index contributed by atoms with van der Waals surface area (Å²) in [7, 11) is 0. The smallest absolute Gasteiger partial charge is 0.139 e. The second-order valence-electron chi connectivity index (χ2n) is 6.81. The van der Waals surface area contributed by atoms with Crippen molar-refractivity contribution in [1.29, 1.82) is 0 Å². The normalized spacial score (nSPS) is 29.4. The largest absolute Gasteiger partial charge is 0.390 e. The lowest BCUT2D eigenvalue weighted by Gasteiger charge is -2.37. The Balaban J connectivity index is 2.67. The molecule has 2 heteroatoms. The molecule has 0 amide bonds. The average Bonchev–Trinajstić information content (AvgIpc) is 2.37. The van der Waals surface area contributed by atoms with Gasteiger partial charge in [0.15, 0.2) is 0 Å². The van der Waals surface area contributed by atoms with Crippen LogP contribution in [0.3, 0.4) is 0 Å². The molecule has 1 N–H and O–H groups in total. The topological polar surface area (TPSA) is 37.3 Å². The third kappa shape index (κ3) is 2.65. The van der Waals surface area contributed by atoms with Crippen molar-refractivity contribution >= 4 is 5.78 Å². The van der Waals surface area contributed by atoms with Crippen LogP contribution in [0.25, 0.3) is 0 Å². The Bertz CT molecular complexity index is 273. The molecule has 0 saturated heterocycles. The number of aliphatic hydroxyl groups is 1. The van der Waals surface area contributed by atoms with Crippen LogP contribution in [0.5, 0.6) is 0 Å². The molecule has 0 aromatic carbocycles. The zero-order valence-electron chi connectivity index (χ0n) is 11.4. The van der Waals surface area contributed by atoms with Crippen LogP contribution >= 0.6 is 0 Å². The van der Waals surface area contributed by atoms with Crippen molar-refractivity contribution in [2.24, 2.45) is 10.8 Å². The second-order valence-corrected chi connectivity index (χ2v) is 6.81. The zero-order chi connectivity index (χ0) is 12.6. The van der Waals surface area contributed by atoms with Gasteiger partial charge in [0.2, 0.25) is 0 Å². The molecule has 0 heterocycles. The fraction of sp³-hybridized carbons (Fsp3) is 0.929. The minimum Gasteiger partial charge on any atom is -0.390 e. The van der Waals surface area contributed by atoms with Crippen LogP contribution in [0.4, 0.5) is 0 Å². The third-order valence-electron chi connectivity index (χ3n) is 4.55. The van der Waals surface area contributed by atoms with E-state index in [2.05, 4.69) is 20.8 Å². The van der Waals surface area contributed by atoms with Gasteiger partial charge >= 0.3 is 0 Å². The maximum Gasteiger partial charge on any atom is 0.139 e. The molecule has 0 aromatic heterocycles. The van der Waals surface area contributed by atoms with E-state index in [0.717, 1.165) is 19.3 Å². The molecule has 1 unspecified atom stereocenters. The molecule has 0 aliphatic heterocycles. The van der Waals surface area contributed by atoms with Crippen LogP contribution in [-0.2, 0) is 4.79 Å². The lowest BCUT2D eigenvalue weighted by molar-refractivity contribution is -0.133. The van der Waals surface area contributed by atoms with Crippen LogP contribution in [0.1, 0.15) is 66.7 Å². The predicted molar refractivity (Wildman–Crippen MR) is 66.3 cm³/mol. The standard InChI is InChI=1S/C14H26O2/c1-12(2)8-6-9-14(12,5)11(15)7-10-13(3,4)16/h16H,6-10H2,1-5H3. The van der Waals surface area contributed by atoms with Crippen molar-refractivity contribution in [1.82, 2.24) is 0 Å². The molecule has 1 rings (SSSR count). The molecule has 1 fully saturated rings. The molecule has 0 bridgehead atoms. The monoisotopic (exact) mass is 226 g/mol. The van der Waals surface area contributed by atoms with Gasteiger partial charge < -0.3 is 5.11 Å². The Labute approximate surface area is 99.4 Å². The van der Waals surface area contributed by atoms with Crippen LogP contribution in [0, 0.1) is 10.8 Å². The zero-order valence-corrected chi connectivity index (χ0v) is 11.4. The molecular formula is C14H26O2. The summed E-state index contributed by atoms with van der Waals surface area (Å²) in [5.41, 5.74) is -0.795. The van der Waals surface area contributed by atoms with E-state index in [-0.39, 0.29) is 10.8 Å². The van der Waals surface area contributed by atoms with Gasteiger partial charge in [0.1, 0.15) is 5.78 Å². The van der Waals surface area contributed by atoms with Crippen molar-refractivity contribution in [3.63, 3.8) is 0 Å². The number of rotatable bonds is 4. The maximum atomic E-state index is 12.3. The average molecular weight is 226 g/mol. The molecule has 0 radical (unpaired) electrons. The first-order valence-corrected chi connectivity index (χ1v) is 6.34. The van der Waals surface area contributed by atoms with Gasteiger partial charge in [-0.05, 0) is 38.5 Å². The van der Waals surface area contributed by atoms with E-state index in [1.807, 2.05) is 0 Å². The van der Waals surface area contributed by atoms with Crippen LogP contribution in [0.15, 0.2) is 0 Å². The van der Waals surface area contributed by atoms with E-state index in [1.54, 1.807) is 13.8 Å². The number of carbonyl (C=O) groups excluding carboxylic acids is 1. The first-order valence-electron chi connectivity index (χ1n) is 6.34. The van der Waals surface area contributed by atoms with Crippen molar-refractivity contribution in [3.8, 4) is 0 Å². The van der Waals surface area contributed by atoms with Gasteiger partial charge in [-0.3, -0.25) is 4.79 Å². The van der Waals surface area contributed by atoms with Gasteiger partial charge in [0.25, 0.3) is 0 Å². The van der Waals surface area contributed by atoms with Crippen LogP contribution in [-0.4, -0.2) is 16.5 Å². The highest BCUT2D eigenvalue weighted by atomic mass is 16.3. The van der Waals surface area contributed by atoms with E-state index < -0.39 is 5.60 Å². The molecule has 16 heavy (non-hydrogen) atoms. The fourth-order valence-corrected chi connectivity index (χ4v) is 2.71. The summed E-state index contributed by atoms with van der Waals surface area (Å²) in [6, 6.07) is 0. The highest BCUT2D eigenvalue weighted by Crippen LogP contribution is 2.53. The SMILES string of the molecule is CC(C)(O)CCC(=O)C1(C)CCCC1(C)C. The number of carbonyl (C=O) groups is 1. The fourth-order valence-electron chi connectivity index (χ4n) is 2.71. The molecular weight excluding hydrogens is 200 g/mol. The summed E-state index contributed by atoms with van der Waals surface area (Å²) in [6.07, 6.45) is 4.36. The molecule has 1 aliphatic carbocycles. The highest BCUT2D eigenvalue weighted by molar-refractivity contribution is 5.85. The van der Waals surface area contributed by atoms with Gasteiger partial charge in [-0.1, -0.05) is 27.2 Å². The first kappa shape index (κ1) is 13.7. The summed E-state index contributed by atoms with van der Waals surface area (Å²) in [5.74, 6) is 0.331. The molecule has 1 atom stereocenters. The van der Waals surface area contributed by atoms with E-state index in [1.165, 1.54) is 0 Å². The molecule has 0 aromatic rings. The summed E-state index contributed by atoms with van der Waals surface area (Å²) < 4.78 is 0. The summed E-state index contributed by atoms with van der Waals surface area (Å²) in [4.78, 5) is 12.3.